The minimum atomic E-state index is -0.705. The Bertz CT molecular complexity index is 352. The van der Waals surface area contributed by atoms with E-state index in [1.54, 1.807) is 7.11 Å². The third kappa shape index (κ3) is 1.91. The van der Waals surface area contributed by atoms with E-state index in [4.69, 9.17) is 4.74 Å². The highest BCUT2D eigenvalue weighted by molar-refractivity contribution is 5.29. The fourth-order valence-electron chi connectivity index (χ4n) is 2.21. The van der Waals surface area contributed by atoms with E-state index < -0.39 is 12.2 Å². The number of quaternary nitrogens is 1. The van der Waals surface area contributed by atoms with Gasteiger partial charge in [0.05, 0.1) is 7.11 Å². The van der Waals surface area contributed by atoms with Gasteiger partial charge in [0.25, 0.3) is 0 Å². The van der Waals surface area contributed by atoms with Crippen LogP contribution in [0.15, 0.2) is 24.3 Å². The normalized spacial score (nSPS) is 34.0. The van der Waals surface area contributed by atoms with Crippen molar-refractivity contribution in [3.63, 3.8) is 0 Å². The summed E-state index contributed by atoms with van der Waals surface area (Å²) in [6.07, 6.45) is -1.37. The Kier molecular flexibility index (Phi) is 3.14. The van der Waals surface area contributed by atoms with Crippen molar-refractivity contribution in [1.82, 2.24) is 0 Å². The first kappa shape index (κ1) is 11.4. The van der Waals surface area contributed by atoms with Crippen LogP contribution in [0.1, 0.15) is 18.5 Å². The molecular formula is C12H18NO3+. The first-order chi connectivity index (χ1) is 7.63. The molecule has 1 fully saturated rings. The zero-order valence-corrected chi connectivity index (χ0v) is 9.50. The van der Waals surface area contributed by atoms with Gasteiger partial charge in [-0.05, 0) is 31.2 Å². The van der Waals surface area contributed by atoms with Gasteiger partial charge in [-0.15, -0.1) is 0 Å². The van der Waals surface area contributed by atoms with E-state index in [1.807, 2.05) is 36.5 Å². The molecule has 0 bridgehead atoms. The maximum absolute atomic E-state index is 9.90. The molecular weight excluding hydrogens is 206 g/mol. The van der Waals surface area contributed by atoms with Gasteiger partial charge in [0.2, 0.25) is 0 Å². The number of benzene rings is 1. The monoisotopic (exact) mass is 224 g/mol. The van der Waals surface area contributed by atoms with E-state index in [2.05, 4.69) is 0 Å². The van der Waals surface area contributed by atoms with Crippen LogP contribution in [0.2, 0.25) is 0 Å². The Morgan fingerprint density at radius 1 is 1.12 bits per heavy atom. The Hall–Kier alpha value is -1.10. The summed E-state index contributed by atoms with van der Waals surface area (Å²) < 4.78 is 5.08. The predicted octanol–water partition coefficient (Wildman–Crippen LogP) is -0.576. The topological polar surface area (TPSA) is 66.3 Å². The first-order valence-corrected chi connectivity index (χ1v) is 5.48. The smallest absolute Gasteiger partial charge is 0.142 e. The molecule has 16 heavy (non-hydrogen) atoms. The van der Waals surface area contributed by atoms with Crippen molar-refractivity contribution in [2.45, 2.75) is 31.2 Å². The molecule has 1 aromatic rings. The Morgan fingerprint density at radius 2 is 1.75 bits per heavy atom. The van der Waals surface area contributed by atoms with E-state index in [9.17, 15) is 10.2 Å². The van der Waals surface area contributed by atoms with Gasteiger partial charge in [0.1, 0.15) is 30.0 Å². The predicted molar refractivity (Wildman–Crippen MR) is 59.1 cm³/mol. The van der Waals surface area contributed by atoms with E-state index in [1.165, 1.54) is 0 Å². The van der Waals surface area contributed by atoms with E-state index in [0.717, 1.165) is 11.3 Å². The highest BCUT2D eigenvalue weighted by atomic mass is 16.5. The molecule has 88 valence electrons. The van der Waals surface area contributed by atoms with Gasteiger partial charge >= 0.3 is 0 Å². The van der Waals surface area contributed by atoms with Crippen LogP contribution in [0.25, 0.3) is 0 Å². The summed E-state index contributed by atoms with van der Waals surface area (Å²) in [6.45, 7) is 1.91. The van der Waals surface area contributed by atoms with E-state index >= 15 is 0 Å². The molecule has 0 aromatic heterocycles. The van der Waals surface area contributed by atoms with Crippen molar-refractivity contribution in [1.29, 1.82) is 0 Å². The zero-order valence-electron chi connectivity index (χ0n) is 9.50. The third-order valence-corrected chi connectivity index (χ3v) is 3.27. The fraction of sp³-hybridized carbons (Fsp3) is 0.500. The van der Waals surface area contributed by atoms with Crippen LogP contribution in [0.5, 0.6) is 5.75 Å². The second-order valence-electron chi connectivity index (χ2n) is 4.33. The molecule has 1 heterocycles. The molecule has 1 aliphatic heterocycles. The molecule has 4 N–H and O–H groups in total. The average Bonchev–Trinajstić information content (AvgIpc) is 2.57. The van der Waals surface area contributed by atoms with E-state index in [0.29, 0.717) is 0 Å². The van der Waals surface area contributed by atoms with Crippen molar-refractivity contribution in [3.8, 4) is 5.75 Å². The lowest BCUT2D eigenvalue weighted by molar-refractivity contribution is -0.709. The highest BCUT2D eigenvalue weighted by Crippen LogP contribution is 2.23. The van der Waals surface area contributed by atoms with Gasteiger partial charge in [-0.2, -0.15) is 0 Å². The highest BCUT2D eigenvalue weighted by Gasteiger charge is 2.43. The van der Waals surface area contributed by atoms with Gasteiger partial charge in [0, 0.05) is 5.56 Å². The molecule has 1 aliphatic rings. The Labute approximate surface area is 94.9 Å². The minimum Gasteiger partial charge on any atom is -0.497 e. The lowest BCUT2D eigenvalue weighted by Gasteiger charge is -2.13. The second kappa shape index (κ2) is 4.41. The number of hydrogen-bond acceptors (Lipinski definition) is 3. The SMILES string of the molecule is COc1ccc([C@@H]2[NH2+][C@@H](C)[C@@H](O)[C@H]2O)cc1. The minimum absolute atomic E-state index is 0.0297. The van der Waals surface area contributed by atoms with Gasteiger partial charge in [-0.3, -0.25) is 0 Å². The number of aliphatic hydroxyl groups is 2. The number of nitrogens with two attached hydrogens (primary N) is 1. The van der Waals surface area contributed by atoms with Gasteiger partial charge in [-0.1, -0.05) is 0 Å². The van der Waals surface area contributed by atoms with Crippen LogP contribution in [0, 0.1) is 0 Å². The summed E-state index contributed by atoms with van der Waals surface area (Å²) in [7, 11) is 1.62. The Balaban J connectivity index is 2.18. The lowest BCUT2D eigenvalue weighted by Crippen LogP contribution is -2.88. The molecule has 0 amide bonds. The van der Waals surface area contributed by atoms with Crippen LogP contribution < -0.4 is 10.1 Å². The molecule has 2 rings (SSSR count). The molecule has 4 heteroatoms. The van der Waals surface area contributed by atoms with Gasteiger partial charge < -0.3 is 20.3 Å². The number of aliphatic hydroxyl groups excluding tert-OH is 2. The quantitative estimate of drug-likeness (QED) is 0.630. The summed E-state index contributed by atoms with van der Waals surface area (Å²) in [5, 5.41) is 21.6. The summed E-state index contributed by atoms with van der Waals surface area (Å²) in [4.78, 5) is 0. The first-order valence-electron chi connectivity index (χ1n) is 5.48. The largest absolute Gasteiger partial charge is 0.497 e. The molecule has 0 spiro atoms. The lowest BCUT2D eigenvalue weighted by atomic mass is 10.0. The number of hydrogen-bond donors (Lipinski definition) is 3. The van der Waals surface area contributed by atoms with Gasteiger partial charge in [-0.25, -0.2) is 0 Å². The molecule has 0 unspecified atom stereocenters. The second-order valence-corrected chi connectivity index (χ2v) is 4.33. The molecule has 4 nitrogen and oxygen atoms in total. The molecule has 1 saturated heterocycles. The number of rotatable bonds is 2. The van der Waals surface area contributed by atoms with Crippen LogP contribution in [0.3, 0.4) is 0 Å². The summed E-state index contributed by atoms with van der Waals surface area (Å²) >= 11 is 0. The number of methoxy groups -OCH3 is 1. The van der Waals surface area contributed by atoms with Crippen LogP contribution in [-0.2, 0) is 0 Å². The van der Waals surface area contributed by atoms with Crippen molar-refractivity contribution in [3.05, 3.63) is 29.8 Å². The van der Waals surface area contributed by atoms with Crippen LogP contribution in [-0.4, -0.2) is 35.6 Å². The molecule has 1 aromatic carbocycles. The third-order valence-electron chi connectivity index (χ3n) is 3.27. The van der Waals surface area contributed by atoms with E-state index in [-0.39, 0.29) is 12.1 Å². The van der Waals surface area contributed by atoms with Crippen molar-refractivity contribution >= 4 is 0 Å². The fourth-order valence-corrected chi connectivity index (χ4v) is 2.21. The summed E-state index contributed by atoms with van der Waals surface area (Å²) in [5.74, 6) is 0.796. The maximum Gasteiger partial charge on any atom is 0.142 e. The average molecular weight is 224 g/mol. The van der Waals surface area contributed by atoms with Crippen LogP contribution in [0.4, 0.5) is 0 Å². The Morgan fingerprint density at radius 3 is 2.19 bits per heavy atom. The summed E-state index contributed by atoms with van der Waals surface area (Å²) in [5.41, 5.74) is 1.01. The van der Waals surface area contributed by atoms with Gasteiger partial charge in [0.15, 0.2) is 0 Å². The molecule has 0 aliphatic carbocycles. The molecule has 0 saturated carbocycles. The van der Waals surface area contributed by atoms with Crippen LogP contribution >= 0.6 is 0 Å². The standard InChI is InChI=1S/C12H17NO3/c1-7-11(14)12(15)10(13-7)8-3-5-9(16-2)6-4-8/h3-7,10-15H,1-2H3/p+1/t7-,10-,11+,12-/m0/s1. The maximum atomic E-state index is 9.90. The zero-order chi connectivity index (χ0) is 11.7. The van der Waals surface area contributed by atoms with Crippen molar-refractivity contribution in [2.75, 3.05) is 7.11 Å². The van der Waals surface area contributed by atoms with Crippen molar-refractivity contribution in [2.24, 2.45) is 0 Å². The molecule has 0 radical (unpaired) electrons. The number of ether oxygens (including phenoxy) is 1. The summed E-state index contributed by atoms with van der Waals surface area (Å²) in [6, 6.07) is 7.52. The van der Waals surface area contributed by atoms with Crippen molar-refractivity contribution < 1.29 is 20.3 Å². The molecule has 4 atom stereocenters.